The second kappa shape index (κ2) is 3.11. The Balaban J connectivity index is 2.32. The summed E-state index contributed by atoms with van der Waals surface area (Å²) in [5, 5.41) is 0. The van der Waals surface area contributed by atoms with Crippen LogP contribution in [0.3, 0.4) is 0 Å². The van der Waals surface area contributed by atoms with Crippen LogP contribution >= 0.6 is 8.53 Å². The fraction of sp³-hybridized carbons (Fsp3) is 0.750. The molecule has 0 spiro atoms. The SMILES string of the molecule is CN(C=O)P1OCCO1. The molecule has 52 valence electrons. The van der Waals surface area contributed by atoms with Crippen molar-refractivity contribution in [1.82, 2.24) is 4.67 Å². The van der Waals surface area contributed by atoms with E-state index < -0.39 is 8.53 Å². The minimum atomic E-state index is -1.04. The molecule has 1 heterocycles. The molecule has 9 heavy (non-hydrogen) atoms. The number of hydrogen-bond acceptors (Lipinski definition) is 3. The van der Waals surface area contributed by atoms with Crippen molar-refractivity contribution < 1.29 is 13.8 Å². The molecule has 1 amide bonds. The van der Waals surface area contributed by atoms with Crippen molar-refractivity contribution in [3.05, 3.63) is 0 Å². The highest BCUT2D eigenvalue weighted by Crippen LogP contribution is 2.43. The molecule has 0 radical (unpaired) electrons. The van der Waals surface area contributed by atoms with Gasteiger partial charge in [-0.2, -0.15) is 0 Å². The average molecular weight is 149 g/mol. The smallest absolute Gasteiger partial charge is 0.291 e. The Hall–Kier alpha value is -0.180. The first-order valence-corrected chi connectivity index (χ1v) is 3.71. The van der Waals surface area contributed by atoms with Crippen LogP contribution in [0, 0.1) is 0 Å². The van der Waals surface area contributed by atoms with Crippen molar-refractivity contribution >= 4 is 14.9 Å². The van der Waals surface area contributed by atoms with Crippen molar-refractivity contribution in [2.75, 3.05) is 20.3 Å². The van der Waals surface area contributed by atoms with Gasteiger partial charge in [0.25, 0.3) is 8.53 Å². The fourth-order valence-corrected chi connectivity index (χ4v) is 1.47. The predicted octanol–water partition coefficient (Wildman–Crippen LogP) is 0.348. The van der Waals surface area contributed by atoms with Gasteiger partial charge >= 0.3 is 0 Å². The van der Waals surface area contributed by atoms with E-state index in [1.165, 1.54) is 4.67 Å². The maximum atomic E-state index is 10.1. The summed E-state index contributed by atoms with van der Waals surface area (Å²) in [7, 11) is 0.602. The number of nitrogens with zero attached hydrogens (tertiary/aromatic N) is 1. The second-order valence-electron chi connectivity index (χ2n) is 1.58. The topological polar surface area (TPSA) is 38.8 Å². The summed E-state index contributed by atoms with van der Waals surface area (Å²) in [5.74, 6) is 0. The summed E-state index contributed by atoms with van der Waals surface area (Å²) >= 11 is 0. The molecule has 0 bridgehead atoms. The molecule has 0 aromatic rings. The standard InChI is InChI=1S/C4H8NO3P/c1-5(4-6)9-7-2-3-8-9/h4H,2-3H2,1H3. The molecule has 5 heteroatoms. The highest BCUT2D eigenvalue weighted by Gasteiger charge is 2.21. The van der Waals surface area contributed by atoms with E-state index in [2.05, 4.69) is 0 Å². The Morgan fingerprint density at radius 2 is 2.11 bits per heavy atom. The lowest BCUT2D eigenvalue weighted by Crippen LogP contribution is -2.08. The van der Waals surface area contributed by atoms with Crippen LogP contribution in [-0.2, 0) is 13.8 Å². The molecule has 1 aliphatic rings. The average Bonchev–Trinajstić information content (AvgIpc) is 2.37. The minimum absolute atomic E-state index is 0.601. The van der Waals surface area contributed by atoms with E-state index in [1.54, 1.807) is 7.05 Å². The van der Waals surface area contributed by atoms with Crippen molar-refractivity contribution in [3.8, 4) is 0 Å². The first-order chi connectivity index (χ1) is 4.34. The van der Waals surface area contributed by atoms with E-state index in [9.17, 15) is 4.79 Å². The lowest BCUT2D eigenvalue weighted by molar-refractivity contribution is -0.113. The van der Waals surface area contributed by atoms with Crippen molar-refractivity contribution in [2.24, 2.45) is 0 Å². The van der Waals surface area contributed by atoms with E-state index in [0.717, 1.165) is 0 Å². The largest absolute Gasteiger partial charge is 0.315 e. The van der Waals surface area contributed by atoms with E-state index in [-0.39, 0.29) is 0 Å². The Labute approximate surface area is 54.7 Å². The predicted molar refractivity (Wildman–Crippen MR) is 32.7 cm³/mol. The Kier molecular flexibility index (Phi) is 2.39. The van der Waals surface area contributed by atoms with Gasteiger partial charge in [0.15, 0.2) is 0 Å². The molecule has 0 atom stereocenters. The minimum Gasteiger partial charge on any atom is -0.315 e. The fourth-order valence-electron chi connectivity index (χ4n) is 0.489. The first-order valence-electron chi connectivity index (χ1n) is 2.58. The van der Waals surface area contributed by atoms with Crippen molar-refractivity contribution in [2.45, 2.75) is 0 Å². The van der Waals surface area contributed by atoms with Gasteiger partial charge in [0.1, 0.15) is 0 Å². The van der Waals surface area contributed by atoms with Crippen molar-refractivity contribution in [1.29, 1.82) is 0 Å². The van der Waals surface area contributed by atoms with E-state index in [4.69, 9.17) is 9.05 Å². The molecule has 1 fully saturated rings. The first kappa shape index (κ1) is 6.93. The summed E-state index contributed by atoms with van der Waals surface area (Å²) in [4.78, 5) is 10.1. The lowest BCUT2D eigenvalue weighted by Gasteiger charge is -2.13. The van der Waals surface area contributed by atoms with E-state index in [0.29, 0.717) is 19.6 Å². The van der Waals surface area contributed by atoms with Gasteiger partial charge in [-0.05, 0) is 0 Å². The molecule has 0 aliphatic carbocycles. The third-order valence-corrected chi connectivity index (χ3v) is 2.31. The number of carbonyl (C=O) groups is 1. The zero-order chi connectivity index (χ0) is 6.69. The Morgan fingerprint density at radius 1 is 1.56 bits per heavy atom. The van der Waals surface area contributed by atoms with E-state index >= 15 is 0 Å². The lowest BCUT2D eigenvalue weighted by atomic mass is 10.8. The van der Waals surface area contributed by atoms with Crippen LogP contribution in [-0.4, -0.2) is 31.3 Å². The molecular formula is C4H8NO3P. The maximum absolute atomic E-state index is 10.1. The summed E-state index contributed by atoms with van der Waals surface area (Å²) in [5.41, 5.74) is 0. The third kappa shape index (κ3) is 1.61. The van der Waals surface area contributed by atoms with Crippen LogP contribution in [0.4, 0.5) is 0 Å². The number of carbonyl (C=O) groups excluding carboxylic acids is 1. The van der Waals surface area contributed by atoms with Crippen LogP contribution in [0.2, 0.25) is 0 Å². The van der Waals surface area contributed by atoms with Crippen LogP contribution in [0.15, 0.2) is 0 Å². The van der Waals surface area contributed by atoms with Gasteiger partial charge in [-0.15, -0.1) is 0 Å². The normalized spacial score (nSPS) is 20.1. The van der Waals surface area contributed by atoms with Gasteiger partial charge in [-0.3, -0.25) is 9.46 Å². The molecule has 1 saturated heterocycles. The Bertz CT molecular complexity index is 104. The highest BCUT2D eigenvalue weighted by molar-refractivity contribution is 7.45. The summed E-state index contributed by atoms with van der Waals surface area (Å²) in [6.45, 7) is 1.20. The van der Waals surface area contributed by atoms with Gasteiger partial charge in [0, 0.05) is 7.05 Å². The van der Waals surface area contributed by atoms with Crippen LogP contribution in [0.25, 0.3) is 0 Å². The molecule has 0 aromatic heterocycles. The van der Waals surface area contributed by atoms with Gasteiger partial charge < -0.3 is 9.05 Å². The van der Waals surface area contributed by atoms with Crippen molar-refractivity contribution in [3.63, 3.8) is 0 Å². The monoisotopic (exact) mass is 149 g/mol. The van der Waals surface area contributed by atoms with Crippen LogP contribution < -0.4 is 0 Å². The molecule has 0 aromatic carbocycles. The van der Waals surface area contributed by atoms with Gasteiger partial charge in [-0.25, -0.2) is 0 Å². The van der Waals surface area contributed by atoms with Gasteiger partial charge in [0.2, 0.25) is 6.41 Å². The number of amides is 1. The second-order valence-corrected chi connectivity index (χ2v) is 3.21. The maximum Gasteiger partial charge on any atom is 0.291 e. The molecule has 0 saturated carbocycles. The Morgan fingerprint density at radius 3 is 2.56 bits per heavy atom. The quantitative estimate of drug-likeness (QED) is 0.420. The van der Waals surface area contributed by atoms with Crippen LogP contribution in [0.1, 0.15) is 0 Å². The van der Waals surface area contributed by atoms with Gasteiger partial charge in [-0.1, -0.05) is 0 Å². The van der Waals surface area contributed by atoms with E-state index in [1.807, 2.05) is 0 Å². The molecule has 4 nitrogen and oxygen atoms in total. The molecule has 0 unspecified atom stereocenters. The van der Waals surface area contributed by atoms with Gasteiger partial charge in [0.05, 0.1) is 13.2 Å². The molecule has 0 N–H and O–H groups in total. The third-order valence-electron chi connectivity index (χ3n) is 0.897. The zero-order valence-electron chi connectivity index (χ0n) is 5.11. The summed E-state index contributed by atoms with van der Waals surface area (Å²) < 4.78 is 11.5. The number of hydrogen-bond donors (Lipinski definition) is 0. The molecule has 1 aliphatic heterocycles. The zero-order valence-corrected chi connectivity index (χ0v) is 6.01. The molecular weight excluding hydrogens is 141 g/mol. The summed E-state index contributed by atoms with van der Waals surface area (Å²) in [6, 6.07) is 0. The molecule has 1 rings (SSSR count). The highest BCUT2D eigenvalue weighted by atomic mass is 31.2. The number of rotatable bonds is 2. The van der Waals surface area contributed by atoms with Crippen LogP contribution in [0.5, 0.6) is 0 Å². The summed E-state index contributed by atoms with van der Waals surface area (Å²) in [6.07, 6.45) is 0.705.